The second-order valence-electron chi connectivity index (χ2n) is 22.4. The largest absolute Gasteiger partial charge is 0.472 e. The van der Waals surface area contributed by atoms with Crippen LogP contribution in [0.25, 0.3) is 0 Å². The van der Waals surface area contributed by atoms with E-state index in [9.17, 15) is 19.4 Å². The number of carbonyl (C=O) groups is 1. The molecule has 9 heteroatoms. The first-order chi connectivity index (χ1) is 34.5. The molecule has 71 heavy (non-hydrogen) atoms. The van der Waals surface area contributed by atoms with Gasteiger partial charge in [-0.1, -0.05) is 281 Å². The third kappa shape index (κ3) is 56.3. The van der Waals surface area contributed by atoms with Crippen LogP contribution in [-0.2, 0) is 18.4 Å². The van der Waals surface area contributed by atoms with Crippen molar-refractivity contribution in [3.8, 4) is 0 Å². The van der Waals surface area contributed by atoms with Gasteiger partial charge in [0, 0.05) is 6.42 Å². The van der Waals surface area contributed by atoms with Gasteiger partial charge in [0.1, 0.15) is 13.2 Å². The molecular formula is C62H122N2O6P+. The molecule has 0 radical (unpaired) electrons. The van der Waals surface area contributed by atoms with Gasteiger partial charge in [0.2, 0.25) is 5.91 Å². The average Bonchev–Trinajstić information content (AvgIpc) is 3.33. The van der Waals surface area contributed by atoms with Gasteiger partial charge in [0.15, 0.2) is 0 Å². The predicted molar refractivity (Wildman–Crippen MR) is 309 cm³/mol. The fourth-order valence-corrected chi connectivity index (χ4v) is 10.0. The van der Waals surface area contributed by atoms with Gasteiger partial charge in [-0.15, -0.1) is 0 Å². The quantitative estimate of drug-likeness (QED) is 0.0243. The predicted octanol–water partition coefficient (Wildman–Crippen LogP) is 18.9. The van der Waals surface area contributed by atoms with Crippen LogP contribution in [0.2, 0.25) is 0 Å². The minimum Gasteiger partial charge on any atom is -0.391 e. The zero-order valence-corrected chi connectivity index (χ0v) is 48.9. The van der Waals surface area contributed by atoms with Crippen molar-refractivity contribution in [2.45, 2.75) is 315 Å². The molecule has 0 saturated carbocycles. The number of aliphatic hydroxyl groups is 1. The topological polar surface area (TPSA) is 105 Å². The number of likely N-dealkylation sites (N-methyl/N-ethyl adjacent to an activating group) is 1. The fraction of sp³-hybridized carbons (Fsp3) is 0.887. The number of carbonyl (C=O) groups excluding carboxylic acids is 1. The number of allylic oxidation sites excluding steroid dienone is 6. The number of nitrogens with zero attached hydrogens (tertiary/aromatic N) is 1. The second kappa shape index (κ2) is 53.5. The smallest absolute Gasteiger partial charge is 0.391 e. The van der Waals surface area contributed by atoms with Crippen molar-refractivity contribution in [2.24, 2.45) is 0 Å². The van der Waals surface area contributed by atoms with E-state index in [1.807, 2.05) is 21.1 Å². The lowest BCUT2D eigenvalue weighted by Crippen LogP contribution is -2.46. The molecule has 0 aromatic rings. The number of phosphoric ester groups is 1. The Morgan fingerprint density at radius 2 is 0.803 bits per heavy atom. The summed E-state index contributed by atoms with van der Waals surface area (Å²) in [5.74, 6) is -0.142. The Morgan fingerprint density at radius 3 is 1.17 bits per heavy atom. The first-order valence-electron chi connectivity index (χ1n) is 30.9. The number of amides is 1. The van der Waals surface area contributed by atoms with Gasteiger partial charge >= 0.3 is 7.82 Å². The van der Waals surface area contributed by atoms with Crippen LogP contribution >= 0.6 is 7.82 Å². The van der Waals surface area contributed by atoms with E-state index >= 15 is 0 Å². The standard InChI is InChI=1S/C62H121N2O6P/c1-6-8-10-12-14-16-17-18-19-20-21-22-23-24-25-26-27-28-29-30-31-32-33-34-35-36-37-38-39-40-41-42-43-44-45-46-47-48-50-52-54-56-62(66)63-60(59-70-71(67,68)69-58-57-64(3,4)5)61(65)55-53-51-49-15-13-11-9-7-2/h17-18,20-21,23-24,60-61,65H,6-16,19,22,25-59H2,1-5H3,(H-,63,66,67,68)/p+1/b18-17-,21-20-,24-23-. The van der Waals surface area contributed by atoms with E-state index in [4.69, 9.17) is 9.05 Å². The number of quaternary nitrogens is 1. The SMILES string of the molecule is CCCCCCC/C=C\C/C=C\C/C=C\CCCCCCCCCCCCCCCCCCCCCCCCCCCCC(=O)NC(COP(=O)(O)OCC[N+](C)(C)C)C(O)CCCCCCCCCC. The Bertz CT molecular complexity index is 1250. The molecule has 0 aliphatic heterocycles. The van der Waals surface area contributed by atoms with Gasteiger partial charge in [0.05, 0.1) is 39.9 Å². The summed E-state index contributed by atoms with van der Waals surface area (Å²) in [7, 11) is 1.62. The molecule has 0 rings (SSSR count). The lowest BCUT2D eigenvalue weighted by Gasteiger charge is -2.26. The maximum atomic E-state index is 12.9. The van der Waals surface area contributed by atoms with Crippen LogP contribution in [0.4, 0.5) is 0 Å². The van der Waals surface area contributed by atoms with Gasteiger partial charge in [-0.3, -0.25) is 13.8 Å². The van der Waals surface area contributed by atoms with Crippen LogP contribution in [0.3, 0.4) is 0 Å². The number of nitrogens with one attached hydrogen (secondary N) is 1. The van der Waals surface area contributed by atoms with E-state index in [-0.39, 0.29) is 19.1 Å². The fourth-order valence-electron chi connectivity index (χ4n) is 9.29. The minimum atomic E-state index is -4.31. The molecule has 3 atom stereocenters. The normalized spacial score (nSPS) is 14.1. The van der Waals surface area contributed by atoms with Crippen molar-refractivity contribution in [3.05, 3.63) is 36.5 Å². The van der Waals surface area contributed by atoms with Crippen LogP contribution in [0, 0.1) is 0 Å². The molecule has 0 fully saturated rings. The van der Waals surface area contributed by atoms with Crippen molar-refractivity contribution < 1.29 is 32.9 Å². The molecule has 0 saturated heterocycles. The lowest BCUT2D eigenvalue weighted by molar-refractivity contribution is -0.870. The summed E-state index contributed by atoms with van der Waals surface area (Å²) in [5, 5.41) is 13.9. The summed E-state index contributed by atoms with van der Waals surface area (Å²) in [6.07, 6.45) is 69.8. The number of rotatable bonds is 57. The van der Waals surface area contributed by atoms with E-state index in [0.717, 1.165) is 51.4 Å². The van der Waals surface area contributed by atoms with Crippen LogP contribution in [0.1, 0.15) is 303 Å². The number of aliphatic hydroxyl groups excluding tert-OH is 1. The van der Waals surface area contributed by atoms with E-state index in [0.29, 0.717) is 23.9 Å². The molecule has 0 spiro atoms. The average molecular weight is 1020 g/mol. The number of unbranched alkanes of at least 4 members (excludes halogenated alkanes) is 38. The molecule has 8 nitrogen and oxygen atoms in total. The molecule has 0 bridgehead atoms. The van der Waals surface area contributed by atoms with Crippen LogP contribution in [0.15, 0.2) is 36.5 Å². The van der Waals surface area contributed by atoms with Crippen molar-refractivity contribution in [3.63, 3.8) is 0 Å². The first-order valence-corrected chi connectivity index (χ1v) is 32.3. The molecular weight excluding hydrogens is 900 g/mol. The number of phosphoric acid groups is 1. The Labute approximate surface area is 442 Å². The molecule has 0 aliphatic rings. The zero-order valence-electron chi connectivity index (χ0n) is 48.0. The molecule has 0 aromatic heterocycles. The molecule has 3 unspecified atom stereocenters. The first kappa shape index (κ1) is 69.7. The Morgan fingerprint density at radius 1 is 0.479 bits per heavy atom. The molecule has 420 valence electrons. The summed E-state index contributed by atoms with van der Waals surface area (Å²) >= 11 is 0. The Kier molecular flexibility index (Phi) is 52.6. The van der Waals surface area contributed by atoms with Crippen LogP contribution in [-0.4, -0.2) is 73.4 Å². The van der Waals surface area contributed by atoms with Crippen LogP contribution < -0.4 is 5.32 Å². The zero-order chi connectivity index (χ0) is 52.0. The second-order valence-corrected chi connectivity index (χ2v) is 23.9. The summed E-state index contributed by atoms with van der Waals surface area (Å²) in [6, 6.07) is -0.755. The molecule has 0 heterocycles. The highest BCUT2D eigenvalue weighted by molar-refractivity contribution is 7.47. The van der Waals surface area contributed by atoms with E-state index in [1.54, 1.807) is 0 Å². The number of hydrogen-bond acceptors (Lipinski definition) is 5. The maximum absolute atomic E-state index is 12.9. The van der Waals surface area contributed by atoms with Crippen LogP contribution in [0.5, 0.6) is 0 Å². The monoisotopic (exact) mass is 1020 g/mol. The summed E-state index contributed by atoms with van der Waals surface area (Å²) < 4.78 is 23.6. The van der Waals surface area contributed by atoms with Gasteiger partial charge in [-0.25, -0.2) is 4.57 Å². The Hall–Kier alpha value is -1.28. The van der Waals surface area contributed by atoms with Gasteiger partial charge in [-0.05, 0) is 51.4 Å². The highest BCUT2D eigenvalue weighted by Gasteiger charge is 2.28. The van der Waals surface area contributed by atoms with Crippen molar-refractivity contribution >= 4 is 13.7 Å². The van der Waals surface area contributed by atoms with Gasteiger partial charge < -0.3 is 19.8 Å². The minimum absolute atomic E-state index is 0.0764. The highest BCUT2D eigenvalue weighted by Crippen LogP contribution is 2.43. The third-order valence-electron chi connectivity index (χ3n) is 14.1. The van der Waals surface area contributed by atoms with Crippen molar-refractivity contribution in [2.75, 3.05) is 40.9 Å². The van der Waals surface area contributed by atoms with E-state index < -0.39 is 20.0 Å². The molecule has 1 amide bonds. The molecule has 0 aliphatic carbocycles. The molecule has 3 N–H and O–H groups in total. The Balaban J connectivity index is 3.72. The van der Waals surface area contributed by atoms with Crippen molar-refractivity contribution in [1.82, 2.24) is 5.32 Å². The van der Waals surface area contributed by atoms with E-state index in [1.165, 1.54) is 225 Å². The van der Waals surface area contributed by atoms with Crippen molar-refractivity contribution in [1.29, 1.82) is 0 Å². The van der Waals surface area contributed by atoms with E-state index in [2.05, 4.69) is 55.6 Å². The highest BCUT2D eigenvalue weighted by atomic mass is 31.2. The summed E-state index contributed by atoms with van der Waals surface area (Å²) in [5.41, 5.74) is 0. The lowest BCUT2D eigenvalue weighted by atomic mass is 10.0. The summed E-state index contributed by atoms with van der Waals surface area (Å²) in [6.45, 7) is 4.86. The number of hydrogen-bond donors (Lipinski definition) is 3. The summed E-state index contributed by atoms with van der Waals surface area (Å²) in [4.78, 5) is 23.2. The van der Waals surface area contributed by atoms with Gasteiger partial charge in [-0.2, -0.15) is 0 Å². The van der Waals surface area contributed by atoms with Gasteiger partial charge in [0.25, 0.3) is 0 Å². The molecule has 0 aromatic carbocycles. The third-order valence-corrected chi connectivity index (χ3v) is 15.1. The maximum Gasteiger partial charge on any atom is 0.472 e.